The first-order chi connectivity index (χ1) is 14.2. The third-order valence-electron chi connectivity index (χ3n) is 4.86. The molecular weight excluding hydrogens is 390 g/mol. The predicted octanol–water partition coefficient (Wildman–Crippen LogP) is 4.46. The van der Waals surface area contributed by atoms with Crippen molar-refractivity contribution in [1.29, 1.82) is 0 Å². The van der Waals surface area contributed by atoms with Crippen LogP contribution in [-0.2, 0) is 10.3 Å². The minimum atomic E-state index is -1.01. The van der Waals surface area contributed by atoms with E-state index in [2.05, 4.69) is 5.32 Å². The topological polar surface area (TPSA) is 111 Å². The molecule has 9 nitrogen and oxygen atoms in total. The summed E-state index contributed by atoms with van der Waals surface area (Å²) in [6.45, 7) is 5.66. The van der Waals surface area contributed by atoms with Crippen LogP contribution in [0.1, 0.15) is 43.1 Å². The van der Waals surface area contributed by atoms with E-state index >= 15 is 0 Å². The molecule has 1 heterocycles. The van der Waals surface area contributed by atoms with Gasteiger partial charge in [-0.1, -0.05) is 6.92 Å². The van der Waals surface area contributed by atoms with Crippen LogP contribution in [0.4, 0.5) is 21.9 Å². The molecule has 0 saturated heterocycles. The Bertz CT molecular complexity index is 1000. The minimum Gasteiger partial charge on any atom is -0.497 e. The van der Waals surface area contributed by atoms with Crippen LogP contribution in [0.5, 0.6) is 5.75 Å². The average Bonchev–Trinajstić information content (AvgIpc) is 2.70. The lowest BCUT2D eigenvalue weighted by atomic mass is 9.92. The van der Waals surface area contributed by atoms with E-state index in [1.54, 1.807) is 38.1 Å². The number of rotatable bonds is 6. The maximum atomic E-state index is 12.7. The van der Waals surface area contributed by atoms with E-state index in [-0.39, 0.29) is 11.4 Å². The molecule has 0 aliphatic carbocycles. The van der Waals surface area contributed by atoms with Gasteiger partial charge < -0.3 is 14.8 Å². The zero-order valence-electron chi connectivity index (χ0n) is 17.2. The zero-order chi connectivity index (χ0) is 22.1. The first kappa shape index (κ1) is 21.1. The van der Waals surface area contributed by atoms with Crippen molar-refractivity contribution < 1.29 is 24.0 Å². The molecule has 2 aromatic carbocycles. The van der Waals surface area contributed by atoms with Crippen LogP contribution in [0, 0.1) is 10.1 Å². The number of benzene rings is 2. The van der Waals surface area contributed by atoms with Crippen molar-refractivity contribution in [2.75, 3.05) is 23.9 Å². The summed E-state index contributed by atoms with van der Waals surface area (Å²) in [4.78, 5) is 37.6. The fourth-order valence-corrected chi connectivity index (χ4v) is 3.33. The highest BCUT2D eigenvalue weighted by atomic mass is 16.6. The maximum Gasteiger partial charge on any atom is 0.415 e. The van der Waals surface area contributed by atoms with Crippen molar-refractivity contribution in [1.82, 2.24) is 0 Å². The van der Waals surface area contributed by atoms with Gasteiger partial charge in [0.1, 0.15) is 17.0 Å². The van der Waals surface area contributed by atoms with E-state index in [9.17, 15) is 19.7 Å². The predicted molar refractivity (Wildman–Crippen MR) is 111 cm³/mol. The quantitative estimate of drug-likeness (QED) is 0.553. The first-order valence-corrected chi connectivity index (χ1v) is 9.46. The minimum absolute atomic E-state index is 0.0297. The van der Waals surface area contributed by atoms with Gasteiger partial charge in [-0.25, -0.2) is 4.79 Å². The number of hydrogen-bond donors (Lipinski definition) is 1. The molecular formula is C21H23N3O6. The summed E-state index contributed by atoms with van der Waals surface area (Å²) < 4.78 is 10.6. The molecule has 0 fully saturated rings. The van der Waals surface area contributed by atoms with Gasteiger partial charge in [0.2, 0.25) is 0 Å². The van der Waals surface area contributed by atoms with Gasteiger partial charge >= 0.3 is 6.09 Å². The van der Waals surface area contributed by atoms with Gasteiger partial charge in [-0.15, -0.1) is 0 Å². The number of fused-ring (bicyclic) bond motifs is 1. The summed E-state index contributed by atoms with van der Waals surface area (Å²) in [7, 11) is 1.52. The van der Waals surface area contributed by atoms with Crippen LogP contribution in [0.25, 0.3) is 0 Å². The molecule has 1 aliphatic rings. The number of nitrogens with one attached hydrogen (secondary N) is 1. The monoisotopic (exact) mass is 413 g/mol. The van der Waals surface area contributed by atoms with Gasteiger partial charge in [-0.3, -0.25) is 19.8 Å². The van der Waals surface area contributed by atoms with Crippen LogP contribution in [0.15, 0.2) is 36.4 Å². The van der Waals surface area contributed by atoms with Crippen LogP contribution in [0.2, 0.25) is 0 Å². The molecule has 9 heteroatoms. The fraction of sp³-hybridized carbons (Fsp3) is 0.333. The summed E-state index contributed by atoms with van der Waals surface area (Å²) >= 11 is 0. The molecule has 1 aliphatic heterocycles. The van der Waals surface area contributed by atoms with Gasteiger partial charge in [0.05, 0.1) is 17.7 Å². The summed E-state index contributed by atoms with van der Waals surface area (Å²) in [5.41, 5.74) is 0.0227. The highest BCUT2D eigenvalue weighted by molar-refractivity contribution is 6.06. The highest BCUT2D eigenvalue weighted by Crippen LogP contribution is 2.44. The van der Waals surface area contributed by atoms with E-state index in [4.69, 9.17) is 9.47 Å². The third kappa shape index (κ3) is 3.91. The van der Waals surface area contributed by atoms with Gasteiger partial charge in [0.15, 0.2) is 0 Å². The number of methoxy groups -OCH3 is 1. The SMILES string of the molecule is CCCN1C(=O)OC(C)(C)c2cc(NC(=O)c3ccc(OC)cc3)c([N+](=O)[O-])cc21. The first-order valence-electron chi connectivity index (χ1n) is 9.46. The van der Waals surface area contributed by atoms with Crippen molar-refractivity contribution in [3.8, 4) is 5.75 Å². The molecule has 30 heavy (non-hydrogen) atoms. The second kappa shape index (κ2) is 8.02. The van der Waals surface area contributed by atoms with E-state index in [0.717, 1.165) is 0 Å². The van der Waals surface area contributed by atoms with Gasteiger partial charge in [0, 0.05) is 23.7 Å². The normalized spacial score (nSPS) is 14.5. The van der Waals surface area contributed by atoms with E-state index in [1.807, 2.05) is 6.92 Å². The van der Waals surface area contributed by atoms with E-state index < -0.39 is 22.5 Å². The molecule has 0 saturated carbocycles. The fourth-order valence-electron chi connectivity index (χ4n) is 3.33. The van der Waals surface area contributed by atoms with Crippen molar-refractivity contribution in [2.24, 2.45) is 0 Å². The Morgan fingerprint density at radius 3 is 2.50 bits per heavy atom. The highest BCUT2D eigenvalue weighted by Gasteiger charge is 2.40. The number of carbonyl (C=O) groups excluding carboxylic acids is 2. The zero-order valence-corrected chi connectivity index (χ0v) is 17.2. The standard InChI is InChI=1S/C21H23N3O6/c1-5-10-23-17-12-18(24(27)28)16(11-15(17)21(2,3)30-20(23)26)22-19(25)13-6-8-14(29-4)9-7-13/h6-9,11-12H,5,10H2,1-4H3,(H,22,25). The number of amides is 2. The summed E-state index contributed by atoms with van der Waals surface area (Å²) in [6, 6.07) is 9.20. The van der Waals surface area contributed by atoms with Crippen LogP contribution >= 0.6 is 0 Å². The van der Waals surface area contributed by atoms with Crippen molar-refractivity contribution in [3.05, 3.63) is 57.6 Å². The molecule has 0 unspecified atom stereocenters. The number of nitro benzene ring substituents is 1. The summed E-state index contributed by atoms with van der Waals surface area (Å²) in [5.74, 6) is 0.0858. The van der Waals surface area contributed by atoms with Crippen molar-refractivity contribution in [2.45, 2.75) is 32.8 Å². The average molecular weight is 413 g/mol. The molecule has 0 radical (unpaired) electrons. The smallest absolute Gasteiger partial charge is 0.415 e. The molecule has 158 valence electrons. The number of ether oxygens (including phenoxy) is 2. The third-order valence-corrected chi connectivity index (χ3v) is 4.86. The Hall–Kier alpha value is -3.62. The number of cyclic esters (lactones) is 1. The molecule has 1 N–H and O–H groups in total. The summed E-state index contributed by atoms with van der Waals surface area (Å²) in [5, 5.41) is 14.3. The number of anilines is 2. The Balaban J connectivity index is 2.05. The number of hydrogen-bond acceptors (Lipinski definition) is 6. The molecule has 0 spiro atoms. The number of nitrogens with zero attached hydrogens (tertiary/aromatic N) is 2. The largest absolute Gasteiger partial charge is 0.497 e. The van der Waals surface area contributed by atoms with Crippen LogP contribution < -0.4 is 15.0 Å². The Morgan fingerprint density at radius 2 is 1.93 bits per heavy atom. The lowest BCUT2D eigenvalue weighted by molar-refractivity contribution is -0.383. The van der Waals surface area contributed by atoms with Gasteiger partial charge in [-0.05, 0) is 50.6 Å². The number of carbonyl (C=O) groups is 2. The second-order valence-corrected chi connectivity index (χ2v) is 7.36. The van der Waals surface area contributed by atoms with E-state index in [0.29, 0.717) is 35.5 Å². The summed E-state index contributed by atoms with van der Waals surface area (Å²) in [6.07, 6.45) is 0.0947. The number of nitro groups is 1. The molecule has 0 bridgehead atoms. The lowest BCUT2D eigenvalue weighted by Crippen LogP contribution is -2.43. The molecule has 0 atom stereocenters. The maximum absolute atomic E-state index is 12.7. The molecule has 2 amide bonds. The Morgan fingerprint density at radius 1 is 1.27 bits per heavy atom. The van der Waals surface area contributed by atoms with Crippen molar-refractivity contribution >= 4 is 29.1 Å². The van der Waals surface area contributed by atoms with Crippen molar-refractivity contribution in [3.63, 3.8) is 0 Å². The second-order valence-electron chi connectivity index (χ2n) is 7.36. The van der Waals surface area contributed by atoms with Gasteiger partial charge in [-0.2, -0.15) is 0 Å². The molecule has 2 aromatic rings. The van der Waals surface area contributed by atoms with E-state index in [1.165, 1.54) is 24.1 Å². The van der Waals surface area contributed by atoms with Crippen LogP contribution in [-0.4, -0.2) is 30.6 Å². The van der Waals surface area contributed by atoms with Gasteiger partial charge in [0.25, 0.3) is 11.6 Å². The molecule has 3 rings (SSSR count). The lowest BCUT2D eigenvalue weighted by Gasteiger charge is -2.38. The molecule has 0 aromatic heterocycles. The Kier molecular flexibility index (Phi) is 5.64. The van der Waals surface area contributed by atoms with Crippen LogP contribution in [0.3, 0.4) is 0 Å². The Labute approximate surface area is 173 Å².